The van der Waals surface area contributed by atoms with Crippen molar-refractivity contribution in [1.82, 2.24) is 4.57 Å². The lowest BCUT2D eigenvalue weighted by molar-refractivity contribution is 0.827. The number of aromatic nitrogens is 1. The second kappa shape index (κ2) is 12.1. The van der Waals surface area contributed by atoms with Crippen LogP contribution in [0.3, 0.4) is 0 Å². The number of fused-ring (bicyclic) bond motifs is 5. The fourth-order valence-corrected chi connectivity index (χ4v) is 8.24. The van der Waals surface area contributed by atoms with Gasteiger partial charge in [-0.25, -0.2) is 0 Å². The van der Waals surface area contributed by atoms with Crippen molar-refractivity contribution in [2.24, 2.45) is 0 Å². The van der Waals surface area contributed by atoms with Crippen molar-refractivity contribution < 1.29 is 0 Å². The summed E-state index contributed by atoms with van der Waals surface area (Å²) in [6.45, 7) is 12.1. The minimum Gasteiger partial charge on any atom is -0.341 e. The van der Waals surface area contributed by atoms with Crippen LogP contribution >= 0.6 is 0 Å². The van der Waals surface area contributed by atoms with Crippen molar-refractivity contribution in [1.29, 1.82) is 0 Å². The number of hydrogen-bond donors (Lipinski definition) is 0. The van der Waals surface area contributed by atoms with E-state index in [1.165, 1.54) is 110 Å². The van der Waals surface area contributed by atoms with Gasteiger partial charge in [0.2, 0.25) is 0 Å². The van der Waals surface area contributed by atoms with E-state index in [1.807, 2.05) is 0 Å². The largest absolute Gasteiger partial charge is 0.341 e. The van der Waals surface area contributed by atoms with E-state index in [4.69, 9.17) is 0 Å². The van der Waals surface area contributed by atoms with E-state index in [0.29, 0.717) is 0 Å². The third kappa shape index (κ3) is 5.07. The van der Waals surface area contributed by atoms with Crippen LogP contribution in [0.15, 0.2) is 146 Å². The predicted octanol–water partition coefficient (Wildman–Crippen LogP) is 14.0. The molecule has 0 fully saturated rings. The zero-order valence-electron chi connectivity index (χ0n) is 30.0. The predicted molar refractivity (Wildman–Crippen MR) is 221 cm³/mol. The highest BCUT2D eigenvalue weighted by Gasteiger charge is 2.19. The van der Waals surface area contributed by atoms with Crippen LogP contribution in [0.5, 0.6) is 0 Å². The van der Waals surface area contributed by atoms with Gasteiger partial charge in [0.05, 0.1) is 0 Å². The van der Waals surface area contributed by atoms with Crippen LogP contribution in [-0.4, -0.2) is 4.57 Å². The first-order valence-electron chi connectivity index (χ1n) is 18.1. The monoisotopic (exact) mass is 655 g/mol. The lowest BCUT2D eigenvalue weighted by atomic mass is 9.83. The third-order valence-corrected chi connectivity index (χ3v) is 11.2. The molecule has 0 saturated heterocycles. The normalized spacial score (nSPS) is 11.7. The standard InChI is InChI=1S/C50H41N/c1-6-51-47-15-11-10-14-41(47)42-30-40(24-25-48(42)51)37-18-22-39(23-19-37)50-45-28-33(4)31(2)26-43(45)49(44-27-32(3)34(5)29-46(44)50)38-20-16-36(17-21-38)35-12-8-7-9-13-35/h7-30H,6H2,1-5H3. The van der Waals surface area contributed by atoms with Gasteiger partial charge in [-0.2, -0.15) is 0 Å². The maximum atomic E-state index is 2.42. The molecule has 0 N–H and O–H groups in total. The molecule has 8 aromatic carbocycles. The second-order valence-corrected chi connectivity index (χ2v) is 14.2. The molecule has 1 nitrogen and oxygen atoms in total. The molecule has 1 aromatic heterocycles. The fraction of sp³-hybridized carbons (Fsp3) is 0.120. The number of benzene rings is 8. The summed E-state index contributed by atoms with van der Waals surface area (Å²) >= 11 is 0. The Labute approximate surface area is 300 Å². The van der Waals surface area contributed by atoms with Gasteiger partial charge in [-0.15, -0.1) is 0 Å². The highest BCUT2D eigenvalue weighted by Crippen LogP contribution is 2.46. The molecule has 0 saturated carbocycles. The zero-order valence-corrected chi connectivity index (χ0v) is 30.0. The van der Waals surface area contributed by atoms with Gasteiger partial charge < -0.3 is 4.57 Å². The topological polar surface area (TPSA) is 4.93 Å². The van der Waals surface area contributed by atoms with Crippen molar-refractivity contribution >= 4 is 43.4 Å². The smallest absolute Gasteiger partial charge is 0.0491 e. The van der Waals surface area contributed by atoms with Crippen molar-refractivity contribution in [3.63, 3.8) is 0 Å². The van der Waals surface area contributed by atoms with Gasteiger partial charge in [-0.3, -0.25) is 0 Å². The van der Waals surface area contributed by atoms with Crippen LogP contribution in [0.1, 0.15) is 29.2 Å². The summed E-state index contributed by atoms with van der Waals surface area (Å²) in [5.41, 5.74) is 17.9. The summed E-state index contributed by atoms with van der Waals surface area (Å²) in [6, 6.07) is 54.5. The molecule has 0 aliphatic carbocycles. The molecule has 0 aliphatic heterocycles. The summed E-state index contributed by atoms with van der Waals surface area (Å²) < 4.78 is 2.42. The van der Waals surface area contributed by atoms with Crippen LogP contribution in [0.4, 0.5) is 0 Å². The Bertz CT molecular complexity index is 2710. The summed E-state index contributed by atoms with van der Waals surface area (Å²) in [6.07, 6.45) is 0. The van der Waals surface area contributed by atoms with Gasteiger partial charge >= 0.3 is 0 Å². The van der Waals surface area contributed by atoms with E-state index >= 15 is 0 Å². The Kier molecular flexibility index (Phi) is 7.40. The molecule has 51 heavy (non-hydrogen) atoms. The molecule has 0 aliphatic rings. The Morgan fingerprint density at radius 1 is 0.333 bits per heavy atom. The summed E-state index contributed by atoms with van der Waals surface area (Å²) in [5, 5.41) is 7.85. The molecule has 246 valence electrons. The Hall–Kier alpha value is -5.92. The van der Waals surface area contributed by atoms with E-state index in [0.717, 1.165) is 6.54 Å². The maximum absolute atomic E-state index is 2.42. The summed E-state index contributed by atoms with van der Waals surface area (Å²) in [4.78, 5) is 0. The SMILES string of the molecule is CCn1c2ccccc2c2cc(-c3ccc(-c4c5cc(C)c(C)cc5c(-c5ccc(-c6ccccc6)cc5)c5cc(C)c(C)cc45)cc3)ccc21. The van der Waals surface area contributed by atoms with Crippen molar-refractivity contribution in [2.75, 3.05) is 0 Å². The Morgan fingerprint density at radius 3 is 1.24 bits per heavy atom. The summed E-state index contributed by atoms with van der Waals surface area (Å²) in [5.74, 6) is 0. The van der Waals surface area contributed by atoms with Crippen LogP contribution in [0.2, 0.25) is 0 Å². The summed E-state index contributed by atoms with van der Waals surface area (Å²) in [7, 11) is 0. The molecule has 9 rings (SSSR count). The van der Waals surface area contributed by atoms with Crippen LogP contribution < -0.4 is 0 Å². The van der Waals surface area contributed by atoms with E-state index < -0.39 is 0 Å². The minimum absolute atomic E-state index is 0.954. The van der Waals surface area contributed by atoms with E-state index in [-0.39, 0.29) is 0 Å². The number of para-hydroxylation sites is 1. The van der Waals surface area contributed by atoms with E-state index in [1.54, 1.807) is 0 Å². The quantitative estimate of drug-likeness (QED) is 0.163. The van der Waals surface area contributed by atoms with Crippen LogP contribution in [-0.2, 0) is 6.54 Å². The van der Waals surface area contributed by atoms with E-state index in [2.05, 4.69) is 185 Å². The average Bonchev–Trinajstić information content (AvgIpc) is 3.49. The molecule has 0 unspecified atom stereocenters. The molecule has 0 bridgehead atoms. The van der Waals surface area contributed by atoms with Gasteiger partial charge in [-0.05, 0) is 141 Å². The first-order valence-corrected chi connectivity index (χ1v) is 18.1. The number of aryl methyl sites for hydroxylation is 5. The molecular formula is C50H41N. The van der Waals surface area contributed by atoms with E-state index in [9.17, 15) is 0 Å². The van der Waals surface area contributed by atoms with Crippen molar-refractivity contribution in [2.45, 2.75) is 41.2 Å². The number of nitrogens with zero attached hydrogens (tertiary/aromatic N) is 1. The highest BCUT2D eigenvalue weighted by molar-refractivity contribution is 6.22. The lowest BCUT2D eigenvalue weighted by Gasteiger charge is -2.21. The van der Waals surface area contributed by atoms with Crippen LogP contribution in [0, 0.1) is 27.7 Å². The molecule has 0 radical (unpaired) electrons. The minimum atomic E-state index is 0.954. The second-order valence-electron chi connectivity index (χ2n) is 14.2. The molecule has 9 aromatic rings. The molecular weight excluding hydrogens is 615 g/mol. The van der Waals surface area contributed by atoms with Crippen LogP contribution in [0.25, 0.3) is 87.9 Å². The maximum Gasteiger partial charge on any atom is 0.0491 e. The van der Waals surface area contributed by atoms with Gasteiger partial charge in [0, 0.05) is 28.4 Å². The highest BCUT2D eigenvalue weighted by atomic mass is 15.0. The Morgan fingerprint density at radius 2 is 0.725 bits per heavy atom. The third-order valence-electron chi connectivity index (χ3n) is 11.2. The van der Waals surface area contributed by atoms with Gasteiger partial charge in [0.1, 0.15) is 0 Å². The number of hydrogen-bond acceptors (Lipinski definition) is 0. The van der Waals surface area contributed by atoms with Gasteiger partial charge in [0.15, 0.2) is 0 Å². The average molecular weight is 656 g/mol. The Balaban J connectivity index is 1.24. The lowest BCUT2D eigenvalue weighted by Crippen LogP contribution is -1.95. The molecule has 0 atom stereocenters. The first-order chi connectivity index (χ1) is 24.9. The zero-order chi connectivity index (χ0) is 34.8. The van der Waals surface area contributed by atoms with Gasteiger partial charge in [0.25, 0.3) is 0 Å². The molecule has 0 amide bonds. The first kappa shape index (κ1) is 31.1. The molecule has 1 heterocycles. The van der Waals surface area contributed by atoms with Crippen molar-refractivity contribution in [3.05, 3.63) is 168 Å². The molecule has 1 heteroatoms. The molecule has 0 spiro atoms. The fourth-order valence-electron chi connectivity index (χ4n) is 8.24. The van der Waals surface area contributed by atoms with Crippen molar-refractivity contribution in [3.8, 4) is 44.5 Å². The van der Waals surface area contributed by atoms with Gasteiger partial charge in [-0.1, -0.05) is 127 Å². The number of rotatable bonds is 5.